The number of halogens is 1. The van der Waals surface area contributed by atoms with Crippen molar-refractivity contribution in [3.05, 3.63) is 59.9 Å². The molecule has 0 aliphatic carbocycles. The molecule has 1 amide bonds. The summed E-state index contributed by atoms with van der Waals surface area (Å²) in [5.74, 6) is -0.766. The molecule has 1 heterocycles. The monoisotopic (exact) mass is 369 g/mol. The molecule has 2 aromatic rings. The highest BCUT2D eigenvalue weighted by molar-refractivity contribution is 6.00. The number of rotatable bonds is 6. The summed E-state index contributed by atoms with van der Waals surface area (Å²) >= 11 is 0. The fourth-order valence-electron chi connectivity index (χ4n) is 3.05. The molecule has 2 aromatic carbocycles. The van der Waals surface area contributed by atoms with E-state index in [1.54, 1.807) is 0 Å². The zero-order valence-corrected chi connectivity index (χ0v) is 15.5. The number of amides is 1. The standard InChI is InChI=1S/C21H24FN3O2/c1-24-12-14-25(15-13-24)19-8-6-18(7-9-19)23-21(27)11-10-20(26)16-2-4-17(22)5-3-16/h2-9H,10-15H2,1H3,(H,23,27). The van der Waals surface area contributed by atoms with E-state index in [2.05, 4.69) is 22.2 Å². The van der Waals surface area contributed by atoms with E-state index in [0.29, 0.717) is 11.3 Å². The van der Waals surface area contributed by atoms with Crippen molar-refractivity contribution in [3.8, 4) is 0 Å². The van der Waals surface area contributed by atoms with Gasteiger partial charge in [-0.3, -0.25) is 9.59 Å². The molecule has 1 N–H and O–H groups in total. The molecule has 0 spiro atoms. The van der Waals surface area contributed by atoms with Crippen molar-refractivity contribution >= 4 is 23.1 Å². The van der Waals surface area contributed by atoms with Crippen LogP contribution in [0, 0.1) is 5.82 Å². The number of anilines is 2. The van der Waals surface area contributed by atoms with Crippen LogP contribution >= 0.6 is 0 Å². The van der Waals surface area contributed by atoms with Crippen LogP contribution in [0.2, 0.25) is 0 Å². The van der Waals surface area contributed by atoms with Gasteiger partial charge in [-0.2, -0.15) is 0 Å². The van der Waals surface area contributed by atoms with Crippen molar-refractivity contribution in [3.63, 3.8) is 0 Å². The summed E-state index contributed by atoms with van der Waals surface area (Å²) in [6.07, 6.45) is 0.188. The Labute approximate surface area is 158 Å². The second-order valence-corrected chi connectivity index (χ2v) is 6.82. The minimum absolute atomic E-state index is 0.0937. The van der Waals surface area contributed by atoms with Gasteiger partial charge in [0.25, 0.3) is 0 Å². The Bertz CT molecular complexity index is 782. The third-order valence-corrected chi connectivity index (χ3v) is 4.76. The third kappa shape index (κ3) is 5.37. The van der Waals surface area contributed by atoms with Crippen LogP contribution in [0.25, 0.3) is 0 Å². The van der Waals surface area contributed by atoms with Gasteiger partial charge in [0.05, 0.1) is 0 Å². The lowest BCUT2D eigenvalue weighted by atomic mass is 10.1. The Kier molecular flexibility index (Phi) is 6.19. The molecular formula is C21H24FN3O2. The zero-order chi connectivity index (χ0) is 19.2. The first kappa shape index (κ1) is 19.0. The highest BCUT2D eigenvalue weighted by atomic mass is 19.1. The molecule has 0 radical (unpaired) electrons. The predicted molar refractivity (Wildman–Crippen MR) is 105 cm³/mol. The van der Waals surface area contributed by atoms with Gasteiger partial charge in [0, 0.05) is 56.0 Å². The third-order valence-electron chi connectivity index (χ3n) is 4.76. The first-order chi connectivity index (χ1) is 13.0. The molecule has 6 heteroatoms. The van der Waals surface area contributed by atoms with Crippen LogP contribution < -0.4 is 10.2 Å². The largest absolute Gasteiger partial charge is 0.369 e. The molecule has 0 atom stereocenters. The van der Waals surface area contributed by atoms with E-state index in [9.17, 15) is 14.0 Å². The van der Waals surface area contributed by atoms with Gasteiger partial charge in [-0.05, 0) is 55.6 Å². The number of hydrogen-bond acceptors (Lipinski definition) is 4. The molecule has 0 aromatic heterocycles. The van der Waals surface area contributed by atoms with Crippen molar-refractivity contribution in [2.75, 3.05) is 43.4 Å². The van der Waals surface area contributed by atoms with Crippen molar-refractivity contribution in [2.24, 2.45) is 0 Å². The van der Waals surface area contributed by atoms with Gasteiger partial charge < -0.3 is 15.1 Å². The minimum atomic E-state index is -0.385. The fourth-order valence-corrected chi connectivity index (χ4v) is 3.05. The Hall–Kier alpha value is -2.73. The molecule has 1 saturated heterocycles. The molecule has 27 heavy (non-hydrogen) atoms. The topological polar surface area (TPSA) is 52.6 Å². The van der Waals surface area contributed by atoms with Gasteiger partial charge in [-0.25, -0.2) is 4.39 Å². The molecule has 0 saturated carbocycles. The maximum atomic E-state index is 12.9. The van der Waals surface area contributed by atoms with Crippen LogP contribution in [0.3, 0.4) is 0 Å². The number of carbonyl (C=O) groups is 2. The molecule has 1 aliphatic heterocycles. The van der Waals surface area contributed by atoms with Crippen LogP contribution in [0.4, 0.5) is 15.8 Å². The highest BCUT2D eigenvalue weighted by Crippen LogP contribution is 2.19. The van der Waals surface area contributed by atoms with Gasteiger partial charge in [0.2, 0.25) is 5.91 Å². The summed E-state index contributed by atoms with van der Waals surface area (Å²) in [4.78, 5) is 28.8. The number of benzene rings is 2. The first-order valence-corrected chi connectivity index (χ1v) is 9.13. The van der Waals surface area contributed by atoms with Crippen molar-refractivity contribution in [2.45, 2.75) is 12.8 Å². The van der Waals surface area contributed by atoms with Crippen molar-refractivity contribution in [1.82, 2.24) is 4.90 Å². The second kappa shape index (κ2) is 8.77. The van der Waals surface area contributed by atoms with E-state index in [4.69, 9.17) is 0 Å². The van der Waals surface area contributed by atoms with E-state index in [0.717, 1.165) is 31.9 Å². The van der Waals surface area contributed by atoms with Gasteiger partial charge in [-0.1, -0.05) is 0 Å². The van der Waals surface area contributed by atoms with Crippen LogP contribution in [0.5, 0.6) is 0 Å². The van der Waals surface area contributed by atoms with Crippen LogP contribution in [-0.2, 0) is 4.79 Å². The summed E-state index contributed by atoms with van der Waals surface area (Å²) in [6.45, 7) is 4.07. The van der Waals surface area contributed by atoms with Gasteiger partial charge in [0.1, 0.15) is 5.82 Å². The van der Waals surface area contributed by atoms with Crippen molar-refractivity contribution in [1.29, 1.82) is 0 Å². The SMILES string of the molecule is CN1CCN(c2ccc(NC(=O)CCC(=O)c3ccc(F)cc3)cc2)CC1. The Balaban J connectivity index is 1.47. The summed E-state index contributed by atoms with van der Waals surface area (Å²) in [6, 6.07) is 13.1. The van der Waals surface area contributed by atoms with Gasteiger partial charge in [0.15, 0.2) is 5.78 Å². The summed E-state index contributed by atoms with van der Waals surface area (Å²) in [7, 11) is 2.12. The van der Waals surface area contributed by atoms with Gasteiger partial charge >= 0.3 is 0 Å². The van der Waals surface area contributed by atoms with Crippen LogP contribution in [-0.4, -0.2) is 49.8 Å². The maximum Gasteiger partial charge on any atom is 0.224 e. The first-order valence-electron chi connectivity index (χ1n) is 9.13. The number of Topliss-reactive ketones (excluding diaryl/α,β-unsaturated/α-hetero) is 1. The molecule has 1 fully saturated rings. The minimum Gasteiger partial charge on any atom is -0.369 e. The summed E-state index contributed by atoms with van der Waals surface area (Å²) in [5, 5.41) is 2.82. The number of piperazine rings is 1. The second-order valence-electron chi connectivity index (χ2n) is 6.82. The number of hydrogen-bond donors (Lipinski definition) is 1. The van der Waals surface area contributed by atoms with E-state index in [-0.39, 0.29) is 30.3 Å². The molecule has 3 rings (SSSR count). The lowest BCUT2D eigenvalue weighted by Crippen LogP contribution is -2.44. The molecule has 0 bridgehead atoms. The highest BCUT2D eigenvalue weighted by Gasteiger charge is 2.14. The van der Waals surface area contributed by atoms with E-state index >= 15 is 0 Å². The molecule has 0 unspecified atom stereocenters. The Morgan fingerprint density at radius 3 is 2.19 bits per heavy atom. The smallest absolute Gasteiger partial charge is 0.224 e. The lowest BCUT2D eigenvalue weighted by Gasteiger charge is -2.34. The number of carbonyl (C=O) groups excluding carboxylic acids is 2. The lowest BCUT2D eigenvalue weighted by molar-refractivity contribution is -0.116. The van der Waals surface area contributed by atoms with E-state index in [1.165, 1.54) is 24.3 Å². The zero-order valence-electron chi connectivity index (χ0n) is 15.5. The van der Waals surface area contributed by atoms with E-state index < -0.39 is 0 Å². The average Bonchev–Trinajstić information content (AvgIpc) is 2.68. The summed E-state index contributed by atoms with van der Waals surface area (Å²) in [5.41, 5.74) is 2.28. The number of likely N-dealkylation sites (N-methyl/N-ethyl adjacent to an activating group) is 1. The van der Waals surface area contributed by atoms with Crippen LogP contribution in [0.1, 0.15) is 23.2 Å². The quantitative estimate of drug-likeness (QED) is 0.795. The molecule has 1 aliphatic rings. The van der Waals surface area contributed by atoms with Crippen LogP contribution in [0.15, 0.2) is 48.5 Å². The Morgan fingerprint density at radius 2 is 1.56 bits per heavy atom. The average molecular weight is 369 g/mol. The molecular weight excluding hydrogens is 345 g/mol. The molecule has 142 valence electrons. The number of ketones is 1. The van der Waals surface area contributed by atoms with Crippen molar-refractivity contribution < 1.29 is 14.0 Å². The normalized spacial score (nSPS) is 14.8. The van der Waals surface area contributed by atoms with Gasteiger partial charge in [-0.15, -0.1) is 0 Å². The fraction of sp³-hybridized carbons (Fsp3) is 0.333. The molecule has 5 nitrogen and oxygen atoms in total. The number of nitrogens with zero attached hydrogens (tertiary/aromatic N) is 2. The van der Waals surface area contributed by atoms with E-state index in [1.807, 2.05) is 24.3 Å². The number of nitrogens with one attached hydrogen (secondary N) is 1. The Morgan fingerprint density at radius 1 is 0.926 bits per heavy atom. The predicted octanol–water partition coefficient (Wildman–Crippen LogP) is 3.18. The summed E-state index contributed by atoms with van der Waals surface area (Å²) < 4.78 is 12.9. The maximum absolute atomic E-state index is 12.9.